The highest BCUT2D eigenvalue weighted by molar-refractivity contribution is 5.86. The summed E-state index contributed by atoms with van der Waals surface area (Å²) >= 11 is 0. The van der Waals surface area contributed by atoms with Gasteiger partial charge >= 0.3 is 5.97 Å². The highest BCUT2D eigenvalue weighted by Crippen LogP contribution is 2.17. The maximum atomic E-state index is 11.8. The van der Waals surface area contributed by atoms with Crippen LogP contribution in [-0.2, 0) is 11.3 Å². The fourth-order valence-corrected chi connectivity index (χ4v) is 2.24. The smallest absolute Gasteiger partial charge is 0.372 e. The third-order valence-corrected chi connectivity index (χ3v) is 3.29. The minimum atomic E-state index is -1.06. The molecule has 2 heterocycles. The number of hydrogen-bond donors (Lipinski definition) is 1. The Kier molecular flexibility index (Phi) is 3.90. The van der Waals surface area contributed by atoms with E-state index in [4.69, 9.17) is 9.52 Å². The molecule has 0 spiro atoms. The molecule has 0 aromatic carbocycles. The van der Waals surface area contributed by atoms with Crippen molar-refractivity contribution in [2.75, 3.05) is 26.7 Å². The zero-order valence-corrected chi connectivity index (χ0v) is 11.2. The number of carbonyl (C=O) groups is 2. The van der Waals surface area contributed by atoms with Gasteiger partial charge in [-0.3, -0.25) is 9.69 Å². The minimum Gasteiger partial charge on any atom is -0.475 e. The van der Waals surface area contributed by atoms with Crippen LogP contribution in [0, 0.1) is 6.92 Å². The van der Waals surface area contributed by atoms with Gasteiger partial charge in [-0.15, -0.1) is 0 Å². The molecule has 2 rings (SSSR count). The Morgan fingerprint density at radius 3 is 2.84 bits per heavy atom. The number of carbonyl (C=O) groups excluding carboxylic acids is 1. The van der Waals surface area contributed by atoms with Crippen LogP contribution in [0.1, 0.15) is 28.3 Å². The molecule has 0 atom stereocenters. The molecule has 104 valence electrons. The van der Waals surface area contributed by atoms with E-state index in [0.717, 1.165) is 19.5 Å². The lowest BCUT2D eigenvalue weighted by Gasteiger charge is -2.17. The summed E-state index contributed by atoms with van der Waals surface area (Å²) in [4.78, 5) is 26.4. The highest BCUT2D eigenvalue weighted by atomic mass is 16.4. The fourth-order valence-electron chi connectivity index (χ4n) is 2.24. The molecule has 0 unspecified atom stereocenters. The molecule has 1 aliphatic heterocycles. The summed E-state index contributed by atoms with van der Waals surface area (Å²) < 4.78 is 5.32. The van der Waals surface area contributed by atoms with E-state index < -0.39 is 5.97 Å². The second-order valence-electron chi connectivity index (χ2n) is 4.91. The normalized spacial score (nSPS) is 17.6. The second-order valence-corrected chi connectivity index (χ2v) is 4.91. The van der Waals surface area contributed by atoms with E-state index in [9.17, 15) is 9.59 Å². The number of carboxylic acid groups (broad SMARTS) is 1. The molecule has 1 aromatic heterocycles. The average molecular weight is 266 g/mol. The van der Waals surface area contributed by atoms with Gasteiger partial charge in [0.05, 0.1) is 13.1 Å². The van der Waals surface area contributed by atoms with Gasteiger partial charge in [0, 0.05) is 25.7 Å². The molecule has 6 heteroatoms. The Morgan fingerprint density at radius 1 is 1.47 bits per heavy atom. The zero-order valence-electron chi connectivity index (χ0n) is 11.2. The lowest BCUT2D eigenvalue weighted by molar-refractivity contribution is -0.130. The lowest BCUT2D eigenvalue weighted by Crippen LogP contribution is -2.33. The first-order valence-electron chi connectivity index (χ1n) is 6.26. The Bertz CT molecular complexity index is 495. The monoisotopic (exact) mass is 266 g/mol. The van der Waals surface area contributed by atoms with Crippen LogP contribution in [0.25, 0.3) is 0 Å². The second kappa shape index (κ2) is 5.44. The van der Waals surface area contributed by atoms with Crippen molar-refractivity contribution in [3.05, 3.63) is 23.2 Å². The van der Waals surface area contributed by atoms with Crippen molar-refractivity contribution < 1.29 is 19.1 Å². The van der Waals surface area contributed by atoms with Crippen molar-refractivity contribution in [2.45, 2.75) is 19.9 Å². The topological polar surface area (TPSA) is 74.0 Å². The number of rotatable bonds is 3. The van der Waals surface area contributed by atoms with Crippen molar-refractivity contribution in [3.8, 4) is 0 Å². The lowest BCUT2D eigenvalue weighted by atomic mass is 10.2. The molecular weight excluding hydrogens is 248 g/mol. The first-order valence-corrected chi connectivity index (χ1v) is 6.26. The molecule has 0 aliphatic carbocycles. The van der Waals surface area contributed by atoms with Crippen LogP contribution in [-0.4, -0.2) is 53.5 Å². The first kappa shape index (κ1) is 13.6. The molecule has 0 radical (unpaired) electrons. The Labute approximate surface area is 111 Å². The molecule has 0 bridgehead atoms. The number of aromatic carboxylic acids is 1. The molecule has 1 aliphatic rings. The van der Waals surface area contributed by atoms with Gasteiger partial charge in [-0.05, 0) is 19.4 Å². The average Bonchev–Trinajstić information content (AvgIpc) is 2.61. The number of nitrogens with zero attached hydrogens (tertiary/aromatic N) is 2. The summed E-state index contributed by atoms with van der Waals surface area (Å²) in [7, 11) is 1.80. The van der Waals surface area contributed by atoms with Crippen molar-refractivity contribution in [2.24, 2.45) is 0 Å². The van der Waals surface area contributed by atoms with E-state index in [1.54, 1.807) is 24.9 Å². The number of amides is 1. The molecule has 1 saturated heterocycles. The Balaban J connectivity index is 2.06. The fraction of sp³-hybridized carbons (Fsp3) is 0.538. The van der Waals surface area contributed by atoms with Gasteiger partial charge < -0.3 is 14.4 Å². The summed E-state index contributed by atoms with van der Waals surface area (Å²) in [5, 5.41) is 8.94. The Hall–Kier alpha value is -1.82. The first-order chi connectivity index (χ1) is 8.97. The van der Waals surface area contributed by atoms with Crippen molar-refractivity contribution in [1.29, 1.82) is 0 Å². The SMILES string of the molecule is Cc1cc(CN2CCCN(C)C(=O)C2)oc1C(=O)O. The van der Waals surface area contributed by atoms with Gasteiger partial charge in [0.15, 0.2) is 0 Å². The van der Waals surface area contributed by atoms with Crippen LogP contribution in [0.3, 0.4) is 0 Å². The Morgan fingerprint density at radius 2 is 2.21 bits per heavy atom. The van der Waals surface area contributed by atoms with Crippen LogP contribution in [0.5, 0.6) is 0 Å². The molecule has 1 fully saturated rings. The van der Waals surface area contributed by atoms with E-state index in [0.29, 0.717) is 24.4 Å². The maximum Gasteiger partial charge on any atom is 0.372 e. The van der Waals surface area contributed by atoms with Crippen LogP contribution < -0.4 is 0 Å². The third-order valence-electron chi connectivity index (χ3n) is 3.29. The van der Waals surface area contributed by atoms with Gasteiger partial charge in [-0.2, -0.15) is 0 Å². The van der Waals surface area contributed by atoms with E-state index in [1.807, 2.05) is 4.90 Å². The summed E-state index contributed by atoms with van der Waals surface area (Å²) in [5.74, 6) is -0.407. The van der Waals surface area contributed by atoms with Crippen molar-refractivity contribution in [3.63, 3.8) is 0 Å². The van der Waals surface area contributed by atoms with Gasteiger partial charge in [0.2, 0.25) is 11.7 Å². The van der Waals surface area contributed by atoms with E-state index >= 15 is 0 Å². The summed E-state index contributed by atoms with van der Waals surface area (Å²) in [6.07, 6.45) is 0.910. The third kappa shape index (κ3) is 3.14. The van der Waals surface area contributed by atoms with Crippen molar-refractivity contribution in [1.82, 2.24) is 9.80 Å². The van der Waals surface area contributed by atoms with Gasteiger partial charge in [-0.25, -0.2) is 4.79 Å². The number of hydrogen-bond acceptors (Lipinski definition) is 4. The van der Waals surface area contributed by atoms with Crippen molar-refractivity contribution >= 4 is 11.9 Å². The quantitative estimate of drug-likeness (QED) is 0.881. The zero-order chi connectivity index (χ0) is 14.0. The predicted molar refractivity (Wildman–Crippen MR) is 67.9 cm³/mol. The summed E-state index contributed by atoms with van der Waals surface area (Å²) in [6.45, 7) is 4.08. The van der Waals surface area contributed by atoms with Gasteiger partial charge in [0.1, 0.15) is 5.76 Å². The van der Waals surface area contributed by atoms with Crippen LogP contribution >= 0.6 is 0 Å². The maximum absolute atomic E-state index is 11.8. The highest BCUT2D eigenvalue weighted by Gasteiger charge is 2.21. The summed E-state index contributed by atoms with van der Waals surface area (Å²) in [6, 6.07) is 1.72. The predicted octanol–water partition coefficient (Wildman–Crippen LogP) is 0.950. The largest absolute Gasteiger partial charge is 0.475 e. The molecule has 1 N–H and O–H groups in total. The standard InChI is InChI=1S/C13H18N2O4/c1-9-6-10(19-12(9)13(17)18)7-15-5-3-4-14(2)11(16)8-15/h6H,3-5,7-8H2,1-2H3,(H,17,18). The molecule has 0 saturated carbocycles. The minimum absolute atomic E-state index is 0.0201. The summed E-state index contributed by atoms with van der Waals surface area (Å²) in [5.41, 5.74) is 0.612. The molecule has 1 aromatic rings. The van der Waals surface area contributed by atoms with Crippen LogP contribution in [0.2, 0.25) is 0 Å². The number of furan rings is 1. The van der Waals surface area contributed by atoms with E-state index in [2.05, 4.69) is 0 Å². The van der Waals surface area contributed by atoms with Crippen LogP contribution in [0.4, 0.5) is 0 Å². The van der Waals surface area contributed by atoms with E-state index in [1.165, 1.54) is 0 Å². The number of carboxylic acids is 1. The number of aryl methyl sites for hydroxylation is 1. The molecular formula is C13H18N2O4. The molecule has 19 heavy (non-hydrogen) atoms. The molecule has 6 nitrogen and oxygen atoms in total. The van der Waals surface area contributed by atoms with E-state index in [-0.39, 0.29) is 11.7 Å². The van der Waals surface area contributed by atoms with Crippen LogP contribution in [0.15, 0.2) is 10.5 Å². The molecule has 1 amide bonds. The van der Waals surface area contributed by atoms with Gasteiger partial charge in [-0.1, -0.05) is 0 Å². The number of likely N-dealkylation sites (N-methyl/N-ethyl adjacent to an activating group) is 1. The van der Waals surface area contributed by atoms with Gasteiger partial charge in [0.25, 0.3) is 0 Å².